The number of piperazine rings is 1. The number of hydrogen-bond donors (Lipinski definition) is 2. The molecule has 1 aromatic carbocycles. The average molecular weight is 235 g/mol. The van der Waals surface area contributed by atoms with Crippen LogP contribution in [0.25, 0.3) is 0 Å². The molecule has 4 nitrogen and oxygen atoms in total. The van der Waals surface area contributed by atoms with Gasteiger partial charge in [0.15, 0.2) is 0 Å². The third kappa shape index (κ3) is 3.61. The molecule has 17 heavy (non-hydrogen) atoms. The molecule has 0 radical (unpaired) electrons. The first kappa shape index (κ1) is 12.2. The average Bonchev–Trinajstić information content (AvgIpc) is 2.39. The van der Waals surface area contributed by atoms with Crippen LogP contribution in [-0.4, -0.2) is 44.4 Å². The minimum absolute atomic E-state index is 0.701. The Kier molecular flexibility index (Phi) is 4.64. The smallest absolute Gasteiger partial charge is 0.142 e. The van der Waals surface area contributed by atoms with Crippen LogP contribution in [0.4, 0.5) is 5.69 Å². The fourth-order valence-electron chi connectivity index (χ4n) is 1.96. The Morgan fingerprint density at radius 3 is 2.82 bits per heavy atom. The first-order valence-corrected chi connectivity index (χ1v) is 6.29. The summed E-state index contributed by atoms with van der Waals surface area (Å²) in [6.07, 6.45) is 0. The standard InChI is InChI=1S/C13H21N3O/c1-2-17-13-6-4-3-5-12(13)15-11-16-9-7-14-8-10-16/h3-6,14-15H,2,7-11H2,1H3. The van der Waals surface area contributed by atoms with Crippen LogP contribution >= 0.6 is 0 Å². The third-order valence-corrected chi connectivity index (χ3v) is 2.89. The van der Waals surface area contributed by atoms with E-state index in [1.807, 2.05) is 25.1 Å². The van der Waals surface area contributed by atoms with Crippen LogP contribution < -0.4 is 15.4 Å². The summed E-state index contributed by atoms with van der Waals surface area (Å²) in [7, 11) is 0. The van der Waals surface area contributed by atoms with Gasteiger partial charge in [-0.1, -0.05) is 12.1 Å². The molecule has 0 bridgehead atoms. The van der Waals surface area contributed by atoms with E-state index in [0.29, 0.717) is 6.61 Å². The van der Waals surface area contributed by atoms with Crippen LogP contribution in [0, 0.1) is 0 Å². The molecule has 1 aliphatic heterocycles. The summed E-state index contributed by atoms with van der Waals surface area (Å²) in [6, 6.07) is 8.10. The molecule has 1 saturated heterocycles. The minimum atomic E-state index is 0.701. The zero-order chi connectivity index (χ0) is 11.9. The van der Waals surface area contributed by atoms with Crippen molar-refractivity contribution in [3.05, 3.63) is 24.3 Å². The summed E-state index contributed by atoms with van der Waals surface area (Å²) in [6.45, 7) is 7.95. The Morgan fingerprint density at radius 1 is 1.29 bits per heavy atom. The normalized spacial score (nSPS) is 16.8. The Morgan fingerprint density at radius 2 is 2.06 bits per heavy atom. The van der Waals surface area contributed by atoms with E-state index in [4.69, 9.17) is 4.74 Å². The second-order valence-electron chi connectivity index (χ2n) is 4.13. The number of ether oxygens (including phenoxy) is 1. The first-order valence-electron chi connectivity index (χ1n) is 6.29. The van der Waals surface area contributed by atoms with E-state index in [-0.39, 0.29) is 0 Å². The van der Waals surface area contributed by atoms with Crippen molar-refractivity contribution in [2.75, 3.05) is 44.8 Å². The van der Waals surface area contributed by atoms with Crippen molar-refractivity contribution in [2.24, 2.45) is 0 Å². The molecular formula is C13H21N3O. The van der Waals surface area contributed by atoms with Gasteiger partial charge in [0.1, 0.15) is 5.75 Å². The van der Waals surface area contributed by atoms with E-state index >= 15 is 0 Å². The van der Waals surface area contributed by atoms with Gasteiger partial charge in [-0.15, -0.1) is 0 Å². The molecular weight excluding hydrogens is 214 g/mol. The largest absolute Gasteiger partial charge is 0.492 e. The Labute approximate surface area is 103 Å². The lowest BCUT2D eigenvalue weighted by Gasteiger charge is -2.27. The monoisotopic (exact) mass is 235 g/mol. The van der Waals surface area contributed by atoms with Crippen LogP contribution in [0.15, 0.2) is 24.3 Å². The van der Waals surface area contributed by atoms with Crippen molar-refractivity contribution in [1.29, 1.82) is 0 Å². The molecule has 2 rings (SSSR count). The van der Waals surface area contributed by atoms with Crippen molar-refractivity contribution in [3.63, 3.8) is 0 Å². The summed E-state index contributed by atoms with van der Waals surface area (Å²) in [5, 5.41) is 6.79. The lowest BCUT2D eigenvalue weighted by molar-refractivity contribution is 0.256. The predicted octanol–water partition coefficient (Wildman–Crippen LogP) is 1.36. The second-order valence-corrected chi connectivity index (χ2v) is 4.13. The van der Waals surface area contributed by atoms with Crippen molar-refractivity contribution in [3.8, 4) is 5.75 Å². The van der Waals surface area contributed by atoms with Crippen molar-refractivity contribution >= 4 is 5.69 Å². The summed E-state index contributed by atoms with van der Waals surface area (Å²) in [5.41, 5.74) is 1.08. The molecule has 0 atom stereocenters. The maximum atomic E-state index is 5.58. The minimum Gasteiger partial charge on any atom is -0.492 e. The Hall–Kier alpha value is -1.26. The maximum absolute atomic E-state index is 5.58. The summed E-state index contributed by atoms with van der Waals surface area (Å²) in [5.74, 6) is 0.935. The molecule has 0 saturated carbocycles. The molecule has 0 aromatic heterocycles. The van der Waals surface area contributed by atoms with E-state index in [1.54, 1.807) is 0 Å². The Balaban J connectivity index is 1.88. The molecule has 1 aliphatic rings. The van der Waals surface area contributed by atoms with E-state index in [9.17, 15) is 0 Å². The number of anilines is 1. The number of rotatable bonds is 5. The van der Waals surface area contributed by atoms with Gasteiger partial charge in [0, 0.05) is 26.2 Å². The van der Waals surface area contributed by atoms with Crippen LogP contribution in [0.2, 0.25) is 0 Å². The van der Waals surface area contributed by atoms with E-state index in [2.05, 4.69) is 21.6 Å². The highest BCUT2D eigenvalue weighted by atomic mass is 16.5. The highest BCUT2D eigenvalue weighted by Crippen LogP contribution is 2.23. The van der Waals surface area contributed by atoms with E-state index in [1.165, 1.54) is 0 Å². The van der Waals surface area contributed by atoms with Crippen molar-refractivity contribution in [2.45, 2.75) is 6.92 Å². The van der Waals surface area contributed by atoms with Crippen LogP contribution in [0.1, 0.15) is 6.92 Å². The Bertz CT molecular complexity index is 337. The van der Waals surface area contributed by atoms with Crippen molar-refractivity contribution in [1.82, 2.24) is 10.2 Å². The number of nitrogens with zero attached hydrogens (tertiary/aromatic N) is 1. The molecule has 1 aromatic rings. The van der Waals surface area contributed by atoms with Crippen LogP contribution in [-0.2, 0) is 0 Å². The van der Waals surface area contributed by atoms with E-state index < -0.39 is 0 Å². The number of para-hydroxylation sites is 2. The molecule has 0 aliphatic carbocycles. The molecule has 1 fully saturated rings. The maximum Gasteiger partial charge on any atom is 0.142 e. The molecule has 1 heterocycles. The molecule has 4 heteroatoms. The van der Waals surface area contributed by atoms with Crippen LogP contribution in [0.3, 0.4) is 0 Å². The van der Waals surface area contributed by atoms with Gasteiger partial charge in [-0.2, -0.15) is 0 Å². The van der Waals surface area contributed by atoms with Gasteiger partial charge < -0.3 is 15.4 Å². The summed E-state index contributed by atoms with van der Waals surface area (Å²) >= 11 is 0. The number of hydrogen-bond acceptors (Lipinski definition) is 4. The van der Waals surface area contributed by atoms with Gasteiger partial charge >= 0.3 is 0 Å². The van der Waals surface area contributed by atoms with Gasteiger partial charge in [0.2, 0.25) is 0 Å². The highest BCUT2D eigenvalue weighted by Gasteiger charge is 2.09. The SMILES string of the molecule is CCOc1ccccc1NCN1CCNCC1. The zero-order valence-electron chi connectivity index (χ0n) is 10.4. The highest BCUT2D eigenvalue weighted by molar-refractivity contribution is 5.56. The zero-order valence-corrected chi connectivity index (χ0v) is 10.4. The fourth-order valence-corrected chi connectivity index (χ4v) is 1.96. The molecule has 0 unspecified atom stereocenters. The fraction of sp³-hybridized carbons (Fsp3) is 0.538. The van der Waals surface area contributed by atoms with Gasteiger partial charge in [0.25, 0.3) is 0 Å². The molecule has 0 amide bonds. The topological polar surface area (TPSA) is 36.5 Å². The predicted molar refractivity (Wildman–Crippen MR) is 70.5 cm³/mol. The quantitative estimate of drug-likeness (QED) is 0.808. The van der Waals surface area contributed by atoms with E-state index in [0.717, 1.165) is 44.3 Å². The van der Waals surface area contributed by atoms with Gasteiger partial charge in [-0.25, -0.2) is 0 Å². The number of benzene rings is 1. The molecule has 94 valence electrons. The van der Waals surface area contributed by atoms with Crippen molar-refractivity contribution < 1.29 is 4.74 Å². The summed E-state index contributed by atoms with van der Waals surface area (Å²) in [4.78, 5) is 2.40. The second kappa shape index (κ2) is 6.47. The van der Waals surface area contributed by atoms with Gasteiger partial charge in [-0.3, -0.25) is 4.90 Å². The molecule has 0 spiro atoms. The third-order valence-electron chi connectivity index (χ3n) is 2.89. The lowest BCUT2D eigenvalue weighted by atomic mass is 10.3. The first-order chi connectivity index (χ1) is 8.40. The lowest BCUT2D eigenvalue weighted by Crippen LogP contribution is -2.45. The van der Waals surface area contributed by atoms with Crippen LogP contribution in [0.5, 0.6) is 5.75 Å². The van der Waals surface area contributed by atoms with Gasteiger partial charge in [-0.05, 0) is 19.1 Å². The van der Waals surface area contributed by atoms with Gasteiger partial charge in [0.05, 0.1) is 19.0 Å². The summed E-state index contributed by atoms with van der Waals surface area (Å²) < 4.78 is 5.58. The number of nitrogens with one attached hydrogen (secondary N) is 2. The molecule has 2 N–H and O–H groups in total.